The summed E-state index contributed by atoms with van der Waals surface area (Å²) in [7, 11) is -3.58. The molecule has 21 heavy (non-hydrogen) atoms. The zero-order valence-electron chi connectivity index (χ0n) is 11.8. The molecule has 2 aromatic rings. The van der Waals surface area contributed by atoms with Gasteiger partial charge in [0.1, 0.15) is 4.90 Å². The lowest BCUT2D eigenvalue weighted by atomic mass is 10.1. The summed E-state index contributed by atoms with van der Waals surface area (Å²) < 4.78 is 27.2. The van der Waals surface area contributed by atoms with Gasteiger partial charge in [-0.2, -0.15) is 0 Å². The molecule has 6 heteroatoms. The van der Waals surface area contributed by atoms with Crippen molar-refractivity contribution in [2.75, 3.05) is 12.0 Å². The van der Waals surface area contributed by atoms with Crippen LogP contribution in [-0.4, -0.2) is 15.0 Å². The Morgan fingerprint density at radius 2 is 1.71 bits per heavy atom. The van der Waals surface area contributed by atoms with Gasteiger partial charge in [0, 0.05) is 6.54 Å². The van der Waals surface area contributed by atoms with E-state index in [-0.39, 0.29) is 4.90 Å². The number of para-hydroxylation sites is 1. The molecule has 0 unspecified atom stereocenters. The largest absolute Gasteiger partial charge is 0.323 e. The van der Waals surface area contributed by atoms with Crippen LogP contribution in [0.2, 0.25) is 0 Å². The maximum atomic E-state index is 12.3. The van der Waals surface area contributed by atoms with Gasteiger partial charge in [0.15, 0.2) is 0 Å². The second-order valence-corrected chi connectivity index (χ2v) is 6.45. The number of hydrogen-bond acceptors (Lipinski definition) is 4. The molecular weight excluding hydrogens is 286 g/mol. The van der Waals surface area contributed by atoms with E-state index in [1.54, 1.807) is 18.2 Å². The molecule has 0 saturated carbocycles. The van der Waals surface area contributed by atoms with Crippen LogP contribution in [0.25, 0.3) is 0 Å². The summed E-state index contributed by atoms with van der Waals surface area (Å²) in [6.07, 6.45) is 0.643. The van der Waals surface area contributed by atoms with E-state index in [1.807, 2.05) is 31.2 Å². The van der Waals surface area contributed by atoms with E-state index in [1.165, 1.54) is 6.07 Å². The summed E-state index contributed by atoms with van der Waals surface area (Å²) >= 11 is 0. The number of nitrogens with two attached hydrogens (primary N) is 1. The molecule has 2 aromatic carbocycles. The van der Waals surface area contributed by atoms with Gasteiger partial charge in [-0.15, -0.1) is 0 Å². The highest BCUT2D eigenvalue weighted by Gasteiger charge is 2.17. The van der Waals surface area contributed by atoms with Crippen molar-refractivity contribution in [2.45, 2.75) is 18.2 Å². The van der Waals surface area contributed by atoms with Crippen molar-refractivity contribution >= 4 is 15.7 Å². The molecule has 5 nitrogen and oxygen atoms in total. The smallest absolute Gasteiger partial charge is 0.242 e. The molecule has 0 fully saturated rings. The van der Waals surface area contributed by atoms with Crippen molar-refractivity contribution in [1.82, 2.24) is 4.72 Å². The Kier molecular flexibility index (Phi) is 4.95. The lowest BCUT2D eigenvalue weighted by molar-refractivity contribution is 0.582. The Labute approximate surface area is 125 Å². The zero-order valence-corrected chi connectivity index (χ0v) is 12.7. The highest BCUT2D eigenvalue weighted by Crippen LogP contribution is 2.19. The first kappa shape index (κ1) is 15.5. The van der Waals surface area contributed by atoms with Crippen LogP contribution < -0.4 is 16.0 Å². The van der Waals surface area contributed by atoms with E-state index in [4.69, 9.17) is 5.84 Å². The minimum absolute atomic E-state index is 0.150. The Hall–Kier alpha value is -1.89. The van der Waals surface area contributed by atoms with Gasteiger partial charge < -0.3 is 5.43 Å². The molecule has 4 N–H and O–H groups in total. The van der Waals surface area contributed by atoms with Gasteiger partial charge in [-0.3, -0.25) is 5.84 Å². The average molecular weight is 305 g/mol. The first-order valence-corrected chi connectivity index (χ1v) is 8.13. The Balaban J connectivity index is 2.07. The monoisotopic (exact) mass is 305 g/mol. The molecule has 0 atom stereocenters. The highest BCUT2D eigenvalue weighted by atomic mass is 32.2. The van der Waals surface area contributed by atoms with Gasteiger partial charge in [-0.25, -0.2) is 13.1 Å². The summed E-state index contributed by atoms with van der Waals surface area (Å²) in [6, 6.07) is 14.5. The summed E-state index contributed by atoms with van der Waals surface area (Å²) in [4.78, 5) is 0.150. The molecule has 0 aliphatic carbocycles. The number of sulfonamides is 1. The third-order valence-corrected chi connectivity index (χ3v) is 4.80. The SMILES string of the molecule is Cc1ccccc1CCNS(=O)(=O)c1ccccc1NN. The van der Waals surface area contributed by atoms with Crippen LogP contribution in [0.5, 0.6) is 0 Å². The summed E-state index contributed by atoms with van der Waals surface area (Å²) in [6.45, 7) is 2.35. The molecular formula is C15H19N3O2S. The molecule has 0 spiro atoms. The number of anilines is 1. The number of benzene rings is 2. The van der Waals surface area contributed by atoms with Crippen molar-refractivity contribution in [2.24, 2.45) is 5.84 Å². The van der Waals surface area contributed by atoms with Gasteiger partial charge in [0.05, 0.1) is 5.69 Å². The maximum Gasteiger partial charge on any atom is 0.242 e. The summed E-state index contributed by atoms with van der Waals surface area (Å²) in [5, 5.41) is 0. The molecule has 2 rings (SSSR count). The van der Waals surface area contributed by atoms with Crippen LogP contribution in [0.15, 0.2) is 53.4 Å². The third-order valence-electron chi connectivity index (χ3n) is 3.28. The number of nitrogen functional groups attached to an aromatic ring is 1. The van der Waals surface area contributed by atoms with Gasteiger partial charge in [0.2, 0.25) is 10.0 Å². The van der Waals surface area contributed by atoms with Crippen LogP contribution in [0.1, 0.15) is 11.1 Å². The Bertz CT molecular complexity index is 714. The molecule has 0 aliphatic heterocycles. The molecule has 0 radical (unpaired) electrons. The van der Waals surface area contributed by atoms with E-state index in [9.17, 15) is 8.42 Å². The van der Waals surface area contributed by atoms with Gasteiger partial charge in [-0.05, 0) is 36.6 Å². The molecule has 0 aliphatic rings. The van der Waals surface area contributed by atoms with Crippen molar-refractivity contribution in [3.63, 3.8) is 0 Å². The van der Waals surface area contributed by atoms with Crippen LogP contribution in [0.3, 0.4) is 0 Å². The maximum absolute atomic E-state index is 12.3. The van der Waals surface area contributed by atoms with Crippen LogP contribution in [0, 0.1) is 6.92 Å². The topological polar surface area (TPSA) is 84.2 Å². The van der Waals surface area contributed by atoms with Gasteiger partial charge in [-0.1, -0.05) is 36.4 Å². The number of aryl methyl sites for hydroxylation is 1. The molecule has 112 valence electrons. The van der Waals surface area contributed by atoms with Crippen molar-refractivity contribution in [3.8, 4) is 0 Å². The lowest BCUT2D eigenvalue weighted by Gasteiger charge is -2.11. The molecule has 0 bridgehead atoms. The van der Waals surface area contributed by atoms with Crippen molar-refractivity contribution in [3.05, 3.63) is 59.7 Å². The van der Waals surface area contributed by atoms with E-state index >= 15 is 0 Å². The minimum Gasteiger partial charge on any atom is -0.323 e. The first-order chi connectivity index (χ1) is 10.0. The lowest BCUT2D eigenvalue weighted by Crippen LogP contribution is -2.27. The predicted molar refractivity (Wildman–Crippen MR) is 84.3 cm³/mol. The molecule has 0 saturated heterocycles. The zero-order chi connectivity index (χ0) is 15.3. The van der Waals surface area contributed by atoms with Crippen LogP contribution >= 0.6 is 0 Å². The second-order valence-electron chi connectivity index (χ2n) is 4.71. The predicted octanol–water partition coefficient (Wildman–Crippen LogP) is 1.80. The van der Waals surface area contributed by atoms with E-state index in [0.29, 0.717) is 18.7 Å². The van der Waals surface area contributed by atoms with Crippen molar-refractivity contribution in [1.29, 1.82) is 0 Å². The number of hydrazine groups is 1. The van der Waals surface area contributed by atoms with Gasteiger partial charge in [0.25, 0.3) is 0 Å². The van der Waals surface area contributed by atoms with Crippen LogP contribution in [0.4, 0.5) is 5.69 Å². The van der Waals surface area contributed by atoms with Gasteiger partial charge >= 0.3 is 0 Å². The first-order valence-electron chi connectivity index (χ1n) is 6.64. The molecule has 0 amide bonds. The number of hydrogen-bond donors (Lipinski definition) is 3. The van der Waals surface area contributed by atoms with E-state index in [2.05, 4.69) is 10.1 Å². The average Bonchev–Trinajstić information content (AvgIpc) is 2.49. The quantitative estimate of drug-likeness (QED) is 0.561. The normalized spacial score (nSPS) is 11.3. The number of nitrogens with one attached hydrogen (secondary N) is 2. The number of rotatable bonds is 6. The van der Waals surface area contributed by atoms with Crippen LogP contribution in [-0.2, 0) is 16.4 Å². The Morgan fingerprint density at radius 1 is 1.05 bits per heavy atom. The fourth-order valence-electron chi connectivity index (χ4n) is 2.11. The summed E-state index contributed by atoms with van der Waals surface area (Å²) in [5.74, 6) is 5.34. The molecule has 0 aromatic heterocycles. The standard InChI is InChI=1S/C15H19N3O2S/c1-12-6-2-3-7-13(12)10-11-17-21(19,20)15-9-5-4-8-14(15)18-16/h2-9,17-18H,10-11,16H2,1H3. The Morgan fingerprint density at radius 3 is 2.43 bits per heavy atom. The molecule has 0 heterocycles. The minimum atomic E-state index is -3.58. The third kappa shape index (κ3) is 3.81. The fourth-order valence-corrected chi connectivity index (χ4v) is 3.31. The van der Waals surface area contributed by atoms with E-state index in [0.717, 1.165) is 11.1 Å². The fraction of sp³-hybridized carbons (Fsp3) is 0.200. The summed E-state index contributed by atoms with van der Waals surface area (Å²) in [5.41, 5.74) is 5.06. The van der Waals surface area contributed by atoms with Crippen molar-refractivity contribution < 1.29 is 8.42 Å². The second kappa shape index (κ2) is 6.71. The van der Waals surface area contributed by atoms with E-state index < -0.39 is 10.0 Å². The highest BCUT2D eigenvalue weighted by molar-refractivity contribution is 7.89.